The van der Waals surface area contributed by atoms with E-state index < -0.39 is 22.5 Å². The third-order valence-electron chi connectivity index (χ3n) is 3.34. The molecule has 0 spiro atoms. The van der Waals surface area contributed by atoms with Crippen molar-refractivity contribution < 1.29 is 26.7 Å². The van der Waals surface area contributed by atoms with Crippen LogP contribution in [0.1, 0.15) is 78.1 Å². The van der Waals surface area contributed by atoms with Crippen LogP contribution in [0.25, 0.3) is 0 Å². The molecule has 0 aromatic rings. The summed E-state index contributed by atoms with van der Waals surface area (Å²) < 4.78 is 38.3. The molecular weight excluding hydrogens is 308 g/mol. The van der Waals surface area contributed by atoms with Gasteiger partial charge in [-0.15, -0.1) is 0 Å². The standard InChI is InChI=1S/C15H30O6S/c1-3-4-5-6-7-8-9-10-11-12-13-20-15(16)14(2)21-22(17,18)19/h14H,3-13H2,1-2H3,(H,17,18,19). The van der Waals surface area contributed by atoms with Crippen LogP contribution in [0.2, 0.25) is 0 Å². The Morgan fingerprint density at radius 3 is 1.86 bits per heavy atom. The first-order chi connectivity index (χ1) is 10.4. The van der Waals surface area contributed by atoms with E-state index in [2.05, 4.69) is 11.1 Å². The highest BCUT2D eigenvalue weighted by molar-refractivity contribution is 7.80. The van der Waals surface area contributed by atoms with Crippen LogP contribution in [0.3, 0.4) is 0 Å². The van der Waals surface area contributed by atoms with Crippen molar-refractivity contribution in [3.05, 3.63) is 0 Å². The van der Waals surface area contributed by atoms with Crippen LogP contribution >= 0.6 is 0 Å². The van der Waals surface area contributed by atoms with Crippen molar-refractivity contribution >= 4 is 16.4 Å². The average molecular weight is 338 g/mol. The molecule has 6 nitrogen and oxygen atoms in total. The van der Waals surface area contributed by atoms with Gasteiger partial charge in [0.1, 0.15) is 0 Å². The minimum absolute atomic E-state index is 0.245. The zero-order valence-corrected chi connectivity index (χ0v) is 14.6. The monoisotopic (exact) mass is 338 g/mol. The van der Waals surface area contributed by atoms with E-state index in [0.29, 0.717) is 0 Å². The normalized spacial score (nSPS) is 13.0. The number of carbonyl (C=O) groups is 1. The van der Waals surface area contributed by atoms with Crippen molar-refractivity contribution in [2.24, 2.45) is 0 Å². The van der Waals surface area contributed by atoms with Gasteiger partial charge in [0.05, 0.1) is 6.61 Å². The van der Waals surface area contributed by atoms with Gasteiger partial charge in [0.15, 0.2) is 6.10 Å². The minimum atomic E-state index is -4.62. The third-order valence-corrected chi connectivity index (χ3v) is 3.87. The first-order valence-electron chi connectivity index (χ1n) is 8.19. The number of rotatable bonds is 14. The van der Waals surface area contributed by atoms with Gasteiger partial charge in [-0.05, 0) is 13.3 Å². The van der Waals surface area contributed by atoms with Gasteiger partial charge in [-0.3, -0.25) is 4.55 Å². The summed E-state index contributed by atoms with van der Waals surface area (Å²) in [5.41, 5.74) is 0. The minimum Gasteiger partial charge on any atom is -0.464 e. The molecular formula is C15H30O6S. The predicted molar refractivity (Wildman–Crippen MR) is 84.9 cm³/mol. The van der Waals surface area contributed by atoms with E-state index in [1.165, 1.54) is 51.9 Å². The van der Waals surface area contributed by atoms with Crippen molar-refractivity contribution in [2.75, 3.05) is 6.61 Å². The van der Waals surface area contributed by atoms with Crippen molar-refractivity contribution in [1.29, 1.82) is 0 Å². The first-order valence-corrected chi connectivity index (χ1v) is 9.55. The Hall–Kier alpha value is -0.660. The van der Waals surface area contributed by atoms with Crippen LogP contribution in [0.4, 0.5) is 0 Å². The van der Waals surface area contributed by atoms with Gasteiger partial charge in [0, 0.05) is 0 Å². The predicted octanol–water partition coefficient (Wildman–Crippen LogP) is 3.66. The molecule has 22 heavy (non-hydrogen) atoms. The molecule has 132 valence electrons. The molecule has 0 saturated carbocycles. The number of hydrogen-bond donors (Lipinski definition) is 1. The van der Waals surface area contributed by atoms with Gasteiger partial charge in [-0.2, -0.15) is 8.42 Å². The van der Waals surface area contributed by atoms with Gasteiger partial charge >= 0.3 is 16.4 Å². The smallest absolute Gasteiger partial charge is 0.398 e. The maximum atomic E-state index is 11.4. The third kappa shape index (κ3) is 14.3. The fraction of sp³-hybridized carbons (Fsp3) is 0.933. The summed E-state index contributed by atoms with van der Waals surface area (Å²) in [5.74, 6) is -0.784. The fourth-order valence-corrected chi connectivity index (χ4v) is 2.54. The molecule has 1 unspecified atom stereocenters. The van der Waals surface area contributed by atoms with Crippen molar-refractivity contribution in [3.63, 3.8) is 0 Å². The van der Waals surface area contributed by atoms with Crippen LogP contribution < -0.4 is 0 Å². The lowest BCUT2D eigenvalue weighted by atomic mass is 10.1. The molecule has 0 aliphatic rings. The van der Waals surface area contributed by atoms with Gasteiger partial charge in [0.2, 0.25) is 0 Å². The van der Waals surface area contributed by atoms with E-state index in [1.807, 2.05) is 0 Å². The lowest BCUT2D eigenvalue weighted by Crippen LogP contribution is -2.26. The van der Waals surface area contributed by atoms with Crippen LogP contribution in [0.5, 0.6) is 0 Å². The molecule has 0 fully saturated rings. The Balaban J connectivity index is 3.40. The topological polar surface area (TPSA) is 89.9 Å². The first kappa shape index (κ1) is 21.3. The molecule has 0 aliphatic heterocycles. The second-order valence-corrected chi connectivity index (χ2v) is 6.56. The molecule has 0 aromatic carbocycles. The molecule has 0 heterocycles. The highest BCUT2D eigenvalue weighted by Crippen LogP contribution is 2.10. The van der Waals surface area contributed by atoms with E-state index in [0.717, 1.165) is 19.3 Å². The van der Waals surface area contributed by atoms with E-state index in [9.17, 15) is 13.2 Å². The Morgan fingerprint density at radius 2 is 1.41 bits per heavy atom. The summed E-state index contributed by atoms with van der Waals surface area (Å²) in [7, 11) is -4.62. The van der Waals surface area contributed by atoms with Gasteiger partial charge in [0.25, 0.3) is 0 Å². The van der Waals surface area contributed by atoms with Crippen molar-refractivity contribution in [1.82, 2.24) is 0 Å². The second-order valence-electron chi connectivity index (χ2n) is 5.52. The Morgan fingerprint density at radius 1 is 0.955 bits per heavy atom. The van der Waals surface area contributed by atoms with E-state index in [4.69, 9.17) is 9.29 Å². The quantitative estimate of drug-likeness (QED) is 0.295. The number of esters is 1. The molecule has 0 rings (SSSR count). The van der Waals surface area contributed by atoms with Crippen LogP contribution in [-0.2, 0) is 24.1 Å². The zero-order chi connectivity index (χ0) is 16.8. The second kappa shape index (κ2) is 12.8. The summed E-state index contributed by atoms with van der Waals surface area (Å²) in [4.78, 5) is 11.4. The highest BCUT2D eigenvalue weighted by Gasteiger charge is 2.21. The van der Waals surface area contributed by atoms with E-state index in [1.54, 1.807) is 0 Å². The largest absolute Gasteiger partial charge is 0.464 e. The average Bonchev–Trinajstić information content (AvgIpc) is 2.42. The highest BCUT2D eigenvalue weighted by atomic mass is 32.3. The number of ether oxygens (including phenoxy) is 1. The maximum absolute atomic E-state index is 11.4. The molecule has 1 atom stereocenters. The lowest BCUT2D eigenvalue weighted by Gasteiger charge is -2.10. The molecule has 0 saturated heterocycles. The molecule has 0 bridgehead atoms. The van der Waals surface area contributed by atoms with Gasteiger partial charge in [-0.25, -0.2) is 8.98 Å². The van der Waals surface area contributed by atoms with E-state index in [-0.39, 0.29) is 6.61 Å². The zero-order valence-electron chi connectivity index (χ0n) is 13.8. The lowest BCUT2D eigenvalue weighted by molar-refractivity contribution is -0.151. The summed E-state index contributed by atoms with van der Waals surface area (Å²) in [6, 6.07) is 0. The number of hydrogen-bond acceptors (Lipinski definition) is 5. The van der Waals surface area contributed by atoms with Crippen LogP contribution in [0, 0.1) is 0 Å². The Bertz CT molecular complexity index is 379. The molecule has 0 radical (unpaired) electrons. The number of unbranched alkanes of at least 4 members (excludes halogenated alkanes) is 9. The SMILES string of the molecule is CCCCCCCCCCCCOC(=O)C(C)OS(=O)(=O)O. The maximum Gasteiger partial charge on any atom is 0.398 e. The van der Waals surface area contributed by atoms with Gasteiger partial charge < -0.3 is 4.74 Å². The summed E-state index contributed by atoms with van der Waals surface area (Å²) in [6.45, 7) is 3.67. The summed E-state index contributed by atoms with van der Waals surface area (Å²) >= 11 is 0. The Labute approximate surface area is 134 Å². The van der Waals surface area contributed by atoms with Crippen LogP contribution in [-0.4, -0.2) is 31.7 Å². The summed E-state index contributed by atoms with van der Waals surface area (Å²) in [5, 5.41) is 0. The fourth-order valence-electron chi connectivity index (χ4n) is 2.10. The Kier molecular flexibility index (Phi) is 12.5. The molecule has 0 aromatic heterocycles. The van der Waals surface area contributed by atoms with Crippen LogP contribution in [0.15, 0.2) is 0 Å². The molecule has 1 N–H and O–H groups in total. The molecule has 0 aliphatic carbocycles. The van der Waals surface area contributed by atoms with Crippen molar-refractivity contribution in [2.45, 2.75) is 84.2 Å². The molecule has 7 heteroatoms. The number of carbonyl (C=O) groups excluding carboxylic acids is 1. The van der Waals surface area contributed by atoms with Gasteiger partial charge in [-0.1, -0.05) is 64.7 Å². The van der Waals surface area contributed by atoms with Crippen molar-refractivity contribution in [3.8, 4) is 0 Å². The molecule has 0 amide bonds. The summed E-state index contributed by atoms with van der Waals surface area (Å²) in [6.07, 6.45) is 10.5. The van der Waals surface area contributed by atoms with E-state index >= 15 is 0 Å².